The summed E-state index contributed by atoms with van der Waals surface area (Å²) in [7, 11) is 1.68. The summed E-state index contributed by atoms with van der Waals surface area (Å²) in [5, 5.41) is 0. The molecule has 0 amide bonds. The van der Waals surface area contributed by atoms with Crippen LogP contribution in [0.15, 0.2) is 48.5 Å². The molecule has 2 aromatic carbocycles. The number of rotatable bonds is 5. The van der Waals surface area contributed by atoms with Gasteiger partial charge in [0.15, 0.2) is 0 Å². The summed E-state index contributed by atoms with van der Waals surface area (Å²) in [6.07, 6.45) is 1.87. The molecule has 0 aliphatic rings. The van der Waals surface area contributed by atoms with E-state index in [1.165, 1.54) is 16.7 Å². The summed E-state index contributed by atoms with van der Waals surface area (Å²) in [5.74, 6) is 0.881. The molecule has 0 bridgehead atoms. The van der Waals surface area contributed by atoms with Gasteiger partial charge >= 0.3 is 0 Å². The van der Waals surface area contributed by atoms with Gasteiger partial charge < -0.3 is 10.5 Å². The van der Waals surface area contributed by atoms with Crippen molar-refractivity contribution in [1.29, 1.82) is 0 Å². The molecule has 0 radical (unpaired) electrons. The van der Waals surface area contributed by atoms with Crippen molar-refractivity contribution in [2.24, 2.45) is 5.73 Å². The molecule has 19 heavy (non-hydrogen) atoms. The second kappa shape index (κ2) is 6.39. The number of hydrogen-bond acceptors (Lipinski definition) is 2. The molecule has 2 N–H and O–H groups in total. The van der Waals surface area contributed by atoms with Gasteiger partial charge in [0, 0.05) is 6.04 Å². The van der Waals surface area contributed by atoms with Crippen LogP contribution < -0.4 is 10.5 Å². The predicted molar refractivity (Wildman–Crippen MR) is 79.4 cm³/mol. The van der Waals surface area contributed by atoms with Crippen molar-refractivity contribution in [3.8, 4) is 5.75 Å². The van der Waals surface area contributed by atoms with Crippen LogP contribution >= 0.6 is 0 Å². The van der Waals surface area contributed by atoms with Crippen LogP contribution in [0, 0.1) is 0 Å². The van der Waals surface area contributed by atoms with E-state index in [4.69, 9.17) is 10.5 Å². The minimum Gasteiger partial charge on any atom is -0.497 e. The minimum absolute atomic E-state index is 0.0459. The number of nitrogens with two attached hydrogens (primary N) is 1. The number of hydrogen-bond donors (Lipinski definition) is 1. The third-order valence-electron chi connectivity index (χ3n) is 3.45. The number of ether oxygens (including phenoxy) is 1. The first-order valence-corrected chi connectivity index (χ1v) is 6.71. The normalized spacial score (nSPS) is 12.2. The fourth-order valence-electron chi connectivity index (χ4n) is 2.34. The molecule has 0 heterocycles. The van der Waals surface area contributed by atoms with Gasteiger partial charge in [-0.1, -0.05) is 43.3 Å². The van der Waals surface area contributed by atoms with E-state index in [9.17, 15) is 0 Å². The first kappa shape index (κ1) is 13.6. The van der Waals surface area contributed by atoms with E-state index in [0.717, 1.165) is 18.6 Å². The monoisotopic (exact) mass is 255 g/mol. The molecule has 2 aromatic rings. The van der Waals surface area contributed by atoms with Crippen LogP contribution in [0.5, 0.6) is 5.75 Å². The SMILES string of the molecule is CCc1ccccc1C(N)Cc1ccc(OC)cc1. The third-order valence-corrected chi connectivity index (χ3v) is 3.45. The third kappa shape index (κ3) is 3.36. The second-order valence-electron chi connectivity index (χ2n) is 4.71. The zero-order valence-corrected chi connectivity index (χ0v) is 11.6. The molecular formula is C17H21NO. The zero-order valence-electron chi connectivity index (χ0n) is 11.6. The molecule has 0 aliphatic heterocycles. The quantitative estimate of drug-likeness (QED) is 0.887. The summed E-state index contributed by atoms with van der Waals surface area (Å²) in [6, 6.07) is 16.6. The van der Waals surface area contributed by atoms with Crippen LogP contribution in [0.25, 0.3) is 0 Å². The lowest BCUT2D eigenvalue weighted by Gasteiger charge is -2.16. The van der Waals surface area contributed by atoms with Gasteiger partial charge in [0.2, 0.25) is 0 Å². The van der Waals surface area contributed by atoms with E-state index >= 15 is 0 Å². The number of aryl methyl sites for hydroxylation is 1. The highest BCUT2D eigenvalue weighted by Crippen LogP contribution is 2.21. The zero-order chi connectivity index (χ0) is 13.7. The van der Waals surface area contributed by atoms with Gasteiger partial charge in [0.05, 0.1) is 7.11 Å². The van der Waals surface area contributed by atoms with Gasteiger partial charge in [0.25, 0.3) is 0 Å². The smallest absolute Gasteiger partial charge is 0.118 e. The highest BCUT2D eigenvalue weighted by Gasteiger charge is 2.10. The molecule has 0 saturated carbocycles. The van der Waals surface area contributed by atoms with E-state index in [0.29, 0.717) is 0 Å². The Morgan fingerprint density at radius 3 is 2.37 bits per heavy atom. The molecule has 1 unspecified atom stereocenters. The summed E-state index contributed by atoms with van der Waals surface area (Å²) < 4.78 is 5.16. The average Bonchev–Trinajstić information content (AvgIpc) is 2.48. The van der Waals surface area contributed by atoms with E-state index in [1.807, 2.05) is 12.1 Å². The van der Waals surface area contributed by atoms with Crippen molar-refractivity contribution in [1.82, 2.24) is 0 Å². The average molecular weight is 255 g/mol. The number of methoxy groups -OCH3 is 1. The first-order chi connectivity index (χ1) is 9.24. The molecule has 100 valence electrons. The van der Waals surface area contributed by atoms with Gasteiger partial charge in [-0.2, -0.15) is 0 Å². The molecule has 0 saturated heterocycles. The van der Waals surface area contributed by atoms with Crippen LogP contribution in [0.2, 0.25) is 0 Å². The van der Waals surface area contributed by atoms with Crippen LogP contribution in [-0.2, 0) is 12.8 Å². The molecule has 0 aliphatic carbocycles. The second-order valence-corrected chi connectivity index (χ2v) is 4.71. The maximum absolute atomic E-state index is 6.34. The Balaban J connectivity index is 2.13. The lowest BCUT2D eigenvalue weighted by Crippen LogP contribution is -2.15. The topological polar surface area (TPSA) is 35.2 Å². The highest BCUT2D eigenvalue weighted by molar-refractivity contribution is 5.33. The van der Waals surface area contributed by atoms with Crippen LogP contribution in [0.3, 0.4) is 0 Å². The maximum atomic E-state index is 6.34. The Labute approximate surface area is 115 Å². The van der Waals surface area contributed by atoms with Crippen molar-refractivity contribution in [3.05, 3.63) is 65.2 Å². The Kier molecular flexibility index (Phi) is 4.58. The lowest BCUT2D eigenvalue weighted by molar-refractivity contribution is 0.414. The van der Waals surface area contributed by atoms with E-state index < -0.39 is 0 Å². The fraction of sp³-hybridized carbons (Fsp3) is 0.294. The van der Waals surface area contributed by atoms with Crippen LogP contribution in [-0.4, -0.2) is 7.11 Å². The van der Waals surface area contributed by atoms with Gasteiger partial charge in [-0.05, 0) is 41.7 Å². The van der Waals surface area contributed by atoms with E-state index in [-0.39, 0.29) is 6.04 Å². The molecule has 0 aromatic heterocycles. The summed E-state index contributed by atoms with van der Waals surface area (Å²) in [5.41, 5.74) is 10.2. The highest BCUT2D eigenvalue weighted by atomic mass is 16.5. The maximum Gasteiger partial charge on any atom is 0.118 e. The van der Waals surface area contributed by atoms with Gasteiger partial charge in [-0.15, -0.1) is 0 Å². The Hall–Kier alpha value is -1.80. The summed E-state index contributed by atoms with van der Waals surface area (Å²) in [6.45, 7) is 2.17. The van der Waals surface area contributed by atoms with Crippen molar-refractivity contribution < 1.29 is 4.74 Å². The van der Waals surface area contributed by atoms with Gasteiger partial charge in [-0.3, -0.25) is 0 Å². The molecule has 0 fully saturated rings. The molecular weight excluding hydrogens is 234 g/mol. The Morgan fingerprint density at radius 1 is 1.05 bits per heavy atom. The van der Waals surface area contributed by atoms with E-state index in [1.54, 1.807) is 7.11 Å². The van der Waals surface area contributed by atoms with Crippen molar-refractivity contribution in [2.45, 2.75) is 25.8 Å². The Morgan fingerprint density at radius 2 is 1.74 bits per heavy atom. The number of benzene rings is 2. The molecule has 0 spiro atoms. The molecule has 2 heteroatoms. The summed E-state index contributed by atoms with van der Waals surface area (Å²) >= 11 is 0. The standard InChI is InChI=1S/C17H21NO/c1-3-14-6-4-5-7-16(14)17(18)12-13-8-10-15(19-2)11-9-13/h4-11,17H,3,12,18H2,1-2H3. The van der Waals surface area contributed by atoms with Crippen molar-refractivity contribution in [3.63, 3.8) is 0 Å². The van der Waals surface area contributed by atoms with Crippen molar-refractivity contribution in [2.75, 3.05) is 7.11 Å². The lowest BCUT2D eigenvalue weighted by atomic mass is 9.94. The van der Waals surface area contributed by atoms with Crippen molar-refractivity contribution >= 4 is 0 Å². The first-order valence-electron chi connectivity index (χ1n) is 6.71. The van der Waals surface area contributed by atoms with Gasteiger partial charge in [-0.25, -0.2) is 0 Å². The van der Waals surface area contributed by atoms with Gasteiger partial charge in [0.1, 0.15) is 5.75 Å². The summed E-state index contributed by atoms with van der Waals surface area (Å²) in [4.78, 5) is 0. The van der Waals surface area contributed by atoms with Crippen LogP contribution in [0.4, 0.5) is 0 Å². The Bertz CT molecular complexity index is 519. The van der Waals surface area contributed by atoms with E-state index in [2.05, 4.69) is 43.3 Å². The largest absolute Gasteiger partial charge is 0.497 e. The molecule has 2 nitrogen and oxygen atoms in total. The molecule has 1 atom stereocenters. The minimum atomic E-state index is 0.0459. The predicted octanol–water partition coefficient (Wildman–Crippen LogP) is 3.50. The fourth-order valence-corrected chi connectivity index (χ4v) is 2.34. The van der Waals surface area contributed by atoms with Crippen LogP contribution in [0.1, 0.15) is 29.7 Å². The molecule has 2 rings (SSSR count).